The number of piperidine rings is 2. The van der Waals surface area contributed by atoms with Crippen molar-refractivity contribution in [2.24, 2.45) is 69.5 Å². The van der Waals surface area contributed by atoms with Crippen LogP contribution in [0.15, 0.2) is 30.3 Å². The molecule has 2 aliphatic heterocycles. The lowest BCUT2D eigenvalue weighted by atomic mass is 9.38. The number of hydrogen-bond donors (Lipinski definition) is 3. The van der Waals surface area contributed by atoms with Gasteiger partial charge in [-0.2, -0.15) is 0 Å². The van der Waals surface area contributed by atoms with Crippen LogP contribution in [0.4, 0.5) is 0 Å². The SMILES string of the molecule is CC(C)CCC(CC1CCC2(C1)CC13CCCC4(CC(O)C1CC2O)C1CCC2C(CN5CC(C)CCC5C2(C)O)C1CC34)c1ccccc1. The van der Waals surface area contributed by atoms with E-state index < -0.39 is 5.60 Å². The molecule has 2 spiro atoms. The largest absolute Gasteiger partial charge is 0.393 e. The van der Waals surface area contributed by atoms with E-state index >= 15 is 0 Å². The second kappa shape index (κ2) is 12.6. The van der Waals surface area contributed by atoms with Crippen LogP contribution in [-0.4, -0.2) is 57.2 Å². The Bertz CT molecular complexity index is 1380. The first-order valence-electron chi connectivity index (χ1n) is 21.8. The van der Waals surface area contributed by atoms with Crippen molar-refractivity contribution in [2.45, 2.75) is 167 Å². The highest BCUT2D eigenvalue weighted by molar-refractivity contribution is 5.24. The third-order valence-electron chi connectivity index (χ3n) is 18.5. The van der Waals surface area contributed by atoms with Crippen LogP contribution >= 0.6 is 0 Å². The predicted octanol–water partition coefficient (Wildman–Crippen LogP) is 9.22. The zero-order chi connectivity index (χ0) is 34.6. The topological polar surface area (TPSA) is 63.9 Å². The quantitative estimate of drug-likeness (QED) is 0.280. The third kappa shape index (κ3) is 5.24. The fraction of sp³-hybridized carbons (Fsp3) is 0.870. The number of rotatable bonds is 6. The van der Waals surface area contributed by atoms with Crippen molar-refractivity contribution in [3.63, 3.8) is 0 Å². The molecular weight excluding hydrogens is 615 g/mol. The van der Waals surface area contributed by atoms with Gasteiger partial charge >= 0.3 is 0 Å². The smallest absolute Gasteiger partial charge is 0.0805 e. The van der Waals surface area contributed by atoms with Crippen LogP contribution in [0.1, 0.15) is 148 Å². The van der Waals surface area contributed by atoms with Crippen LogP contribution in [0.3, 0.4) is 0 Å². The molecular formula is C46H71NO3. The molecule has 8 aliphatic rings. The van der Waals surface area contributed by atoms with Crippen LogP contribution in [0, 0.1) is 69.5 Å². The highest BCUT2D eigenvalue weighted by Crippen LogP contribution is 2.78. The van der Waals surface area contributed by atoms with Crippen molar-refractivity contribution in [3.05, 3.63) is 35.9 Å². The minimum atomic E-state index is -0.584. The Kier molecular flexibility index (Phi) is 8.74. The molecule has 1 aromatic rings. The van der Waals surface area contributed by atoms with Gasteiger partial charge in [-0.25, -0.2) is 0 Å². The highest BCUT2D eigenvalue weighted by Gasteiger charge is 2.73. The molecule has 1 aromatic carbocycles. The minimum absolute atomic E-state index is 0.0303. The summed E-state index contributed by atoms with van der Waals surface area (Å²) in [6, 6.07) is 11.7. The molecule has 8 fully saturated rings. The summed E-state index contributed by atoms with van der Waals surface area (Å²) in [5.74, 6) is 6.15. The summed E-state index contributed by atoms with van der Waals surface area (Å²) in [6.07, 6.45) is 20.0. The van der Waals surface area contributed by atoms with Gasteiger partial charge in [0.2, 0.25) is 0 Å². The zero-order valence-electron chi connectivity index (χ0n) is 32.1. The summed E-state index contributed by atoms with van der Waals surface area (Å²) in [6.45, 7) is 11.7. The van der Waals surface area contributed by atoms with E-state index in [2.05, 4.69) is 62.9 Å². The summed E-state index contributed by atoms with van der Waals surface area (Å²) < 4.78 is 0. The van der Waals surface area contributed by atoms with Crippen molar-refractivity contribution in [1.82, 2.24) is 4.90 Å². The zero-order valence-corrected chi connectivity index (χ0v) is 32.1. The molecule has 2 heterocycles. The average molecular weight is 686 g/mol. The molecule has 278 valence electrons. The molecule has 16 unspecified atom stereocenters. The summed E-state index contributed by atoms with van der Waals surface area (Å²) in [5, 5.41) is 36.7. The first-order valence-corrected chi connectivity index (χ1v) is 21.8. The van der Waals surface area contributed by atoms with Gasteiger partial charge in [0.15, 0.2) is 0 Å². The van der Waals surface area contributed by atoms with Crippen LogP contribution in [0.5, 0.6) is 0 Å². The van der Waals surface area contributed by atoms with Crippen molar-refractivity contribution >= 4 is 0 Å². The Morgan fingerprint density at radius 2 is 1.60 bits per heavy atom. The number of aliphatic hydroxyl groups excluding tert-OH is 2. The van der Waals surface area contributed by atoms with Crippen molar-refractivity contribution in [3.8, 4) is 0 Å². The molecule has 9 rings (SSSR count). The van der Waals surface area contributed by atoms with E-state index in [4.69, 9.17) is 0 Å². The first kappa shape index (κ1) is 34.8. The van der Waals surface area contributed by atoms with Gasteiger partial charge in [0.25, 0.3) is 0 Å². The Hall–Kier alpha value is -0.940. The predicted molar refractivity (Wildman–Crippen MR) is 201 cm³/mol. The van der Waals surface area contributed by atoms with Crippen molar-refractivity contribution < 1.29 is 15.3 Å². The lowest BCUT2D eigenvalue weighted by Crippen LogP contribution is -2.67. The molecule has 0 radical (unpaired) electrons. The molecule has 2 bridgehead atoms. The van der Waals surface area contributed by atoms with E-state index in [1.807, 2.05) is 0 Å². The molecule has 2 saturated heterocycles. The van der Waals surface area contributed by atoms with Crippen LogP contribution in [0.25, 0.3) is 0 Å². The van der Waals surface area contributed by atoms with E-state index in [1.54, 1.807) is 0 Å². The van der Waals surface area contributed by atoms with Crippen LogP contribution in [-0.2, 0) is 0 Å². The maximum absolute atomic E-state index is 12.3. The maximum atomic E-state index is 12.3. The van der Waals surface area contributed by atoms with Gasteiger partial charge in [-0.1, -0.05) is 63.9 Å². The Morgan fingerprint density at radius 3 is 2.40 bits per heavy atom. The van der Waals surface area contributed by atoms with Gasteiger partial charge in [0, 0.05) is 19.1 Å². The molecule has 6 aliphatic carbocycles. The lowest BCUT2D eigenvalue weighted by Gasteiger charge is -2.68. The molecule has 4 nitrogen and oxygen atoms in total. The van der Waals surface area contributed by atoms with E-state index in [1.165, 1.54) is 102 Å². The van der Waals surface area contributed by atoms with E-state index in [-0.39, 0.29) is 34.4 Å². The lowest BCUT2D eigenvalue weighted by molar-refractivity contribution is -0.231. The maximum Gasteiger partial charge on any atom is 0.0805 e. The summed E-state index contributed by atoms with van der Waals surface area (Å²) >= 11 is 0. The molecule has 6 saturated carbocycles. The van der Waals surface area contributed by atoms with Crippen molar-refractivity contribution in [1.29, 1.82) is 0 Å². The molecule has 16 atom stereocenters. The van der Waals surface area contributed by atoms with E-state index in [0.717, 1.165) is 37.6 Å². The normalized spacial score (nSPS) is 51.8. The molecule has 3 N–H and O–H groups in total. The first-order chi connectivity index (χ1) is 24.0. The summed E-state index contributed by atoms with van der Waals surface area (Å²) in [7, 11) is 0. The third-order valence-corrected chi connectivity index (χ3v) is 18.5. The Balaban J connectivity index is 0.998. The van der Waals surface area contributed by atoms with Gasteiger partial charge in [-0.05, 0) is 184 Å². The van der Waals surface area contributed by atoms with Crippen LogP contribution in [0.2, 0.25) is 0 Å². The Morgan fingerprint density at radius 1 is 0.820 bits per heavy atom. The van der Waals surface area contributed by atoms with Gasteiger partial charge in [-0.3, -0.25) is 4.90 Å². The van der Waals surface area contributed by atoms with Gasteiger partial charge in [0.05, 0.1) is 17.8 Å². The standard InChI is InChI=1S/C46H71NO3/c1-29(2)11-13-33(32-9-6-5-7-10-32)21-31-17-20-44(24-31)28-46-19-8-18-45(25-39(48)38(46)23-42(44)49)37-15-14-36-35(34(37)22-40(45)46)27-47-26-30(3)12-16-41(47)43(36,4)50/h5-7,9-10,29-31,33-42,48-50H,8,11-28H2,1-4H3. The monoisotopic (exact) mass is 686 g/mol. The van der Waals surface area contributed by atoms with Gasteiger partial charge in [-0.15, -0.1) is 0 Å². The fourth-order valence-corrected chi connectivity index (χ4v) is 16.7. The van der Waals surface area contributed by atoms with Gasteiger partial charge in [0.1, 0.15) is 0 Å². The molecule has 4 heteroatoms. The number of hydrogen-bond acceptors (Lipinski definition) is 4. The van der Waals surface area contributed by atoms with Crippen LogP contribution < -0.4 is 0 Å². The van der Waals surface area contributed by atoms with Gasteiger partial charge < -0.3 is 15.3 Å². The number of fused-ring (bicyclic) bond motifs is 4. The second-order valence-electron chi connectivity index (χ2n) is 21.2. The summed E-state index contributed by atoms with van der Waals surface area (Å²) in [5.41, 5.74) is 1.43. The number of aliphatic hydroxyl groups is 3. The minimum Gasteiger partial charge on any atom is -0.393 e. The molecule has 50 heavy (non-hydrogen) atoms. The van der Waals surface area contributed by atoms with E-state index in [0.29, 0.717) is 47.5 Å². The second-order valence-corrected chi connectivity index (χ2v) is 21.2. The Labute approximate surface area is 304 Å². The number of benzene rings is 1. The number of nitrogens with zero attached hydrogens (tertiary/aromatic N) is 1. The van der Waals surface area contributed by atoms with Crippen molar-refractivity contribution in [2.75, 3.05) is 13.1 Å². The fourth-order valence-electron chi connectivity index (χ4n) is 16.7. The molecule has 0 aromatic heterocycles. The van der Waals surface area contributed by atoms with E-state index in [9.17, 15) is 15.3 Å². The highest BCUT2D eigenvalue weighted by atomic mass is 16.3. The summed E-state index contributed by atoms with van der Waals surface area (Å²) in [4.78, 5) is 2.74. The molecule has 0 amide bonds. The average Bonchev–Trinajstić information content (AvgIpc) is 3.65.